The molecule has 0 spiro atoms. The fourth-order valence-electron chi connectivity index (χ4n) is 1.44. The standard InChI is InChI=1S/C12H23N3O2/c1-4-7(2)10(13)12(17)14-8(3)11(16)15-9-5-6-9/h7-10H,4-6,13H2,1-3H3,(H,14,17)(H,15,16)/t7-,8?,10-/m0/s1. The molecule has 1 rings (SSSR count). The second-order valence-electron chi connectivity index (χ2n) is 4.92. The fraction of sp³-hybridized carbons (Fsp3) is 0.833. The molecule has 0 aliphatic heterocycles. The highest BCUT2D eigenvalue weighted by Crippen LogP contribution is 2.18. The van der Waals surface area contributed by atoms with Crippen LogP contribution in [0.1, 0.15) is 40.0 Å². The lowest BCUT2D eigenvalue weighted by Gasteiger charge is -2.20. The zero-order valence-corrected chi connectivity index (χ0v) is 10.8. The first-order chi connectivity index (χ1) is 7.95. The Balaban J connectivity index is 2.35. The van der Waals surface area contributed by atoms with Crippen LogP contribution in [-0.2, 0) is 9.59 Å². The molecular formula is C12H23N3O2. The lowest BCUT2D eigenvalue weighted by molar-refractivity contribution is -0.129. The molecule has 0 radical (unpaired) electrons. The second-order valence-corrected chi connectivity index (χ2v) is 4.92. The van der Waals surface area contributed by atoms with E-state index in [1.165, 1.54) is 0 Å². The third-order valence-electron chi connectivity index (χ3n) is 3.24. The molecule has 3 atom stereocenters. The van der Waals surface area contributed by atoms with Crippen LogP contribution >= 0.6 is 0 Å². The molecule has 0 aromatic rings. The summed E-state index contributed by atoms with van der Waals surface area (Å²) in [5, 5.41) is 5.50. The van der Waals surface area contributed by atoms with Crippen molar-refractivity contribution in [3.8, 4) is 0 Å². The van der Waals surface area contributed by atoms with E-state index in [4.69, 9.17) is 5.73 Å². The Morgan fingerprint density at radius 1 is 1.29 bits per heavy atom. The minimum atomic E-state index is -0.545. The van der Waals surface area contributed by atoms with E-state index >= 15 is 0 Å². The van der Waals surface area contributed by atoms with E-state index in [-0.39, 0.29) is 17.7 Å². The van der Waals surface area contributed by atoms with Crippen LogP contribution < -0.4 is 16.4 Å². The van der Waals surface area contributed by atoms with Crippen molar-refractivity contribution < 1.29 is 9.59 Å². The number of rotatable bonds is 6. The molecule has 0 aromatic carbocycles. The third-order valence-corrected chi connectivity index (χ3v) is 3.24. The smallest absolute Gasteiger partial charge is 0.242 e. The Labute approximate surface area is 103 Å². The molecule has 1 aliphatic carbocycles. The van der Waals surface area contributed by atoms with Crippen LogP contribution in [0.4, 0.5) is 0 Å². The summed E-state index contributed by atoms with van der Waals surface area (Å²) in [6.45, 7) is 5.60. The number of carbonyl (C=O) groups excluding carboxylic acids is 2. The first kappa shape index (κ1) is 14.0. The predicted molar refractivity (Wildman–Crippen MR) is 66.2 cm³/mol. The summed E-state index contributed by atoms with van der Waals surface area (Å²) in [6.07, 6.45) is 2.93. The average Bonchev–Trinajstić information content (AvgIpc) is 3.10. The number of hydrogen-bond donors (Lipinski definition) is 3. The monoisotopic (exact) mass is 241 g/mol. The van der Waals surface area contributed by atoms with Crippen molar-refractivity contribution in [2.24, 2.45) is 11.7 Å². The first-order valence-corrected chi connectivity index (χ1v) is 6.32. The Bertz CT molecular complexity index is 289. The Kier molecular flexibility index (Phi) is 4.93. The van der Waals surface area contributed by atoms with Crippen molar-refractivity contribution in [3.05, 3.63) is 0 Å². The molecule has 5 nitrogen and oxygen atoms in total. The largest absolute Gasteiger partial charge is 0.352 e. The van der Waals surface area contributed by atoms with Gasteiger partial charge < -0.3 is 16.4 Å². The number of carbonyl (C=O) groups is 2. The average molecular weight is 241 g/mol. The number of hydrogen-bond acceptors (Lipinski definition) is 3. The maximum Gasteiger partial charge on any atom is 0.242 e. The van der Waals surface area contributed by atoms with E-state index in [0.717, 1.165) is 19.3 Å². The molecule has 1 aliphatic rings. The molecule has 1 saturated carbocycles. The van der Waals surface area contributed by atoms with Crippen LogP contribution in [-0.4, -0.2) is 29.9 Å². The molecule has 1 unspecified atom stereocenters. The van der Waals surface area contributed by atoms with Crippen molar-refractivity contribution >= 4 is 11.8 Å². The van der Waals surface area contributed by atoms with Gasteiger partial charge in [0.2, 0.25) is 11.8 Å². The van der Waals surface area contributed by atoms with Crippen LogP contribution in [0.3, 0.4) is 0 Å². The maximum atomic E-state index is 11.7. The topological polar surface area (TPSA) is 84.2 Å². The van der Waals surface area contributed by atoms with E-state index in [1.54, 1.807) is 6.92 Å². The SMILES string of the molecule is CC[C@H](C)[C@H](N)C(=O)NC(C)C(=O)NC1CC1. The summed E-state index contributed by atoms with van der Waals surface area (Å²) in [4.78, 5) is 23.4. The summed E-state index contributed by atoms with van der Waals surface area (Å²) in [6, 6.07) is -0.750. The summed E-state index contributed by atoms with van der Waals surface area (Å²) < 4.78 is 0. The molecule has 0 saturated heterocycles. The molecular weight excluding hydrogens is 218 g/mol. The van der Waals surface area contributed by atoms with Gasteiger partial charge >= 0.3 is 0 Å². The molecule has 4 N–H and O–H groups in total. The molecule has 0 aromatic heterocycles. The van der Waals surface area contributed by atoms with Gasteiger partial charge in [0.15, 0.2) is 0 Å². The number of amides is 2. The van der Waals surface area contributed by atoms with Gasteiger partial charge in [0.25, 0.3) is 0 Å². The van der Waals surface area contributed by atoms with Crippen LogP contribution in [0.5, 0.6) is 0 Å². The maximum absolute atomic E-state index is 11.7. The van der Waals surface area contributed by atoms with Crippen molar-refractivity contribution in [1.82, 2.24) is 10.6 Å². The normalized spacial score (nSPS) is 20.2. The van der Waals surface area contributed by atoms with Gasteiger partial charge in [0.05, 0.1) is 6.04 Å². The molecule has 2 amide bonds. The summed E-state index contributed by atoms with van der Waals surface area (Å²) in [5.41, 5.74) is 5.79. The van der Waals surface area contributed by atoms with Crippen LogP contribution in [0.2, 0.25) is 0 Å². The first-order valence-electron chi connectivity index (χ1n) is 6.32. The highest BCUT2D eigenvalue weighted by molar-refractivity contribution is 5.89. The van der Waals surface area contributed by atoms with Gasteiger partial charge in [-0.25, -0.2) is 0 Å². The van der Waals surface area contributed by atoms with Gasteiger partial charge in [-0.15, -0.1) is 0 Å². The third kappa shape index (κ3) is 4.34. The molecule has 0 bridgehead atoms. The van der Waals surface area contributed by atoms with Crippen LogP contribution in [0.25, 0.3) is 0 Å². The number of nitrogens with two attached hydrogens (primary N) is 1. The molecule has 17 heavy (non-hydrogen) atoms. The second kappa shape index (κ2) is 6.00. The van der Waals surface area contributed by atoms with E-state index < -0.39 is 12.1 Å². The molecule has 98 valence electrons. The van der Waals surface area contributed by atoms with Crippen molar-refractivity contribution in [2.45, 2.75) is 58.2 Å². The van der Waals surface area contributed by atoms with E-state index in [1.807, 2.05) is 13.8 Å². The lowest BCUT2D eigenvalue weighted by Crippen LogP contribution is -2.52. The Hall–Kier alpha value is -1.10. The molecule has 5 heteroatoms. The highest BCUT2D eigenvalue weighted by atomic mass is 16.2. The predicted octanol–water partition coefficient (Wildman–Crippen LogP) is 0.143. The summed E-state index contributed by atoms with van der Waals surface area (Å²) >= 11 is 0. The lowest BCUT2D eigenvalue weighted by atomic mass is 9.99. The zero-order chi connectivity index (χ0) is 13.0. The van der Waals surface area contributed by atoms with Gasteiger partial charge in [-0.1, -0.05) is 20.3 Å². The van der Waals surface area contributed by atoms with Gasteiger partial charge in [-0.2, -0.15) is 0 Å². The highest BCUT2D eigenvalue weighted by Gasteiger charge is 2.27. The van der Waals surface area contributed by atoms with Gasteiger partial charge in [-0.05, 0) is 25.7 Å². The minimum Gasteiger partial charge on any atom is -0.352 e. The van der Waals surface area contributed by atoms with Crippen LogP contribution in [0, 0.1) is 5.92 Å². The Morgan fingerprint density at radius 2 is 1.88 bits per heavy atom. The summed E-state index contributed by atoms with van der Waals surface area (Å²) in [7, 11) is 0. The quantitative estimate of drug-likeness (QED) is 0.618. The fourth-order valence-corrected chi connectivity index (χ4v) is 1.44. The van der Waals surface area contributed by atoms with E-state index in [9.17, 15) is 9.59 Å². The van der Waals surface area contributed by atoms with Crippen molar-refractivity contribution in [2.75, 3.05) is 0 Å². The Morgan fingerprint density at radius 3 is 2.35 bits per heavy atom. The molecule has 0 heterocycles. The van der Waals surface area contributed by atoms with Crippen molar-refractivity contribution in [1.29, 1.82) is 0 Å². The molecule has 1 fully saturated rings. The van der Waals surface area contributed by atoms with Gasteiger partial charge in [-0.3, -0.25) is 9.59 Å². The number of nitrogens with one attached hydrogen (secondary N) is 2. The van der Waals surface area contributed by atoms with Gasteiger partial charge in [0, 0.05) is 6.04 Å². The van der Waals surface area contributed by atoms with Crippen LogP contribution in [0.15, 0.2) is 0 Å². The zero-order valence-electron chi connectivity index (χ0n) is 10.8. The van der Waals surface area contributed by atoms with E-state index in [0.29, 0.717) is 6.04 Å². The summed E-state index contributed by atoms with van der Waals surface area (Å²) in [5.74, 6) is -0.260. The van der Waals surface area contributed by atoms with E-state index in [2.05, 4.69) is 10.6 Å². The van der Waals surface area contributed by atoms with Crippen molar-refractivity contribution in [3.63, 3.8) is 0 Å². The van der Waals surface area contributed by atoms with Gasteiger partial charge in [0.1, 0.15) is 6.04 Å². The minimum absolute atomic E-state index is 0.119.